The largest absolute Gasteiger partial charge is 0.321 e. The van der Waals surface area contributed by atoms with Crippen LogP contribution in [0.15, 0.2) is 170 Å². The number of rotatable bonds is 5. The van der Waals surface area contributed by atoms with Crippen LogP contribution in [-0.4, -0.2) is 4.98 Å². The van der Waals surface area contributed by atoms with E-state index in [1.165, 1.54) is 33.4 Å². The second-order valence-corrected chi connectivity index (χ2v) is 9.95. The van der Waals surface area contributed by atoms with Crippen molar-refractivity contribution in [1.29, 1.82) is 0 Å². The molecule has 2 nitrogen and oxygen atoms in total. The maximum absolute atomic E-state index is 5.06. The highest BCUT2D eigenvalue weighted by Gasteiger charge is 2.61. The van der Waals surface area contributed by atoms with Crippen LogP contribution < -0.4 is 4.90 Å². The third-order valence-electron chi connectivity index (χ3n) is 8.02. The summed E-state index contributed by atoms with van der Waals surface area (Å²) in [4.78, 5) is 7.63. The summed E-state index contributed by atoms with van der Waals surface area (Å²) in [6.07, 6.45) is 1.90. The van der Waals surface area contributed by atoms with Crippen LogP contribution in [0.25, 0.3) is 0 Å². The molecule has 0 saturated heterocycles. The Hall–Kier alpha value is -4.95. The molecular weight excluding hydrogens is 472 g/mol. The monoisotopic (exact) mass is 500 g/mol. The van der Waals surface area contributed by atoms with E-state index in [1.54, 1.807) is 0 Å². The smallest absolute Gasteiger partial charge is 0.131 e. The third kappa shape index (κ3) is 3.31. The van der Waals surface area contributed by atoms with Gasteiger partial charge in [-0.2, -0.15) is 0 Å². The molecule has 0 atom stereocenters. The van der Waals surface area contributed by atoms with Crippen molar-refractivity contribution in [2.75, 3.05) is 4.90 Å². The Morgan fingerprint density at radius 1 is 0.359 bits per heavy atom. The number of benzene rings is 5. The minimum Gasteiger partial charge on any atom is -0.321 e. The predicted molar refractivity (Wildman–Crippen MR) is 159 cm³/mol. The van der Waals surface area contributed by atoms with Gasteiger partial charge in [0, 0.05) is 6.20 Å². The lowest BCUT2D eigenvalue weighted by Gasteiger charge is -2.50. The van der Waals surface area contributed by atoms with Crippen molar-refractivity contribution in [2.45, 2.75) is 11.1 Å². The van der Waals surface area contributed by atoms with Crippen LogP contribution in [0.1, 0.15) is 33.4 Å². The molecule has 7 rings (SSSR count). The molecule has 0 N–H and O–H groups in total. The molecule has 0 spiro atoms. The number of nitrogens with zero attached hydrogens (tertiary/aromatic N) is 2. The van der Waals surface area contributed by atoms with Gasteiger partial charge < -0.3 is 4.90 Å². The van der Waals surface area contributed by atoms with E-state index < -0.39 is 11.1 Å². The Labute approximate surface area is 229 Å². The molecule has 0 unspecified atom stereocenters. The van der Waals surface area contributed by atoms with Crippen LogP contribution in [0.5, 0.6) is 0 Å². The molecule has 1 aliphatic heterocycles. The molecule has 39 heavy (non-hydrogen) atoms. The van der Waals surface area contributed by atoms with Gasteiger partial charge in [0.25, 0.3) is 0 Å². The number of anilines is 1. The van der Waals surface area contributed by atoms with Gasteiger partial charge in [-0.15, -0.1) is 0 Å². The first-order chi connectivity index (χ1) is 19.4. The minimum atomic E-state index is -0.654. The van der Waals surface area contributed by atoms with Gasteiger partial charge in [0.15, 0.2) is 0 Å². The van der Waals surface area contributed by atoms with Gasteiger partial charge in [0.2, 0.25) is 0 Å². The Kier molecular flexibility index (Phi) is 5.60. The molecule has 0 amide bonds. The summed E-state index contributed by atoms with van der Waals surface area (Å²) >= 11 is 0. The normalized spacial score (nSPS) is 15.0. The van der Waals surface area contributed by atoms with E-state index in [9.17, 15) is 0 Å². The Morgan fingerprint density at radius 3 is 1.03 bits per heavy atom. The van der Waals surface area contributed by atoms with Crippen LogP contribution in [0.3, 0.4) is 0 Å². The molecule has 1 aromatic heterocycles. The van der Waals surface area contributed by atoms with Crippen molar-refractivity contribution in [3.8, 4) is 0 Å². The van der Waals surface area contributed by atoms with E-state index >= 15 is 0 Å². The summed E-state index contributed by atoms with van der Waals surface area (Å²) in [6.45, 7) is 0. The van der Waals surface area contributed by atoms with E-state index in [4.69, 9.17) is 4.98 Å². The lowest BCUT2D eigenvalue weighted by Crippen LogP contribution is -2.54. The van der Waals surface area contributed by atoms with Crippen molar-refractivity contribution in [3.05, 3.63) is 203 Å². The molecule has 0 aliphatic carbocycles. The second kappa shape index (κ2) is 9.41. The van der Waals surface area contributed by atoms with E-state index in [0.717, 1.165) is 5.82 Å². The van der Waals surface area contributed by atoms with Gasteiger partial charge in [-0.25, -0.2) is 4.98 Å². The Balaban J connectivity index is 1.74. The highest BCUT2D eigenvalue weighted by molar-refractivity contribution is 5.76. The molecule has 0 saturated carbocycles. The lowest BCUT2D eigenvalue weighted by molar-refractivity contribution is 0.490. The fourth-order valence-corrected chi connectivity index (χ4v) is 6.63. The molecule has 186 valence electrons. The fraction of sp³-hybridized carbons (Fsp3) is 0.0541. The topological polar surface area (TPSA) is 16.1 Å². The van der Waals surface area contributed by atoms with Crippen molar-refractivity contribution in [1.82, 2.24) is 4.98 Å². The number of pyridine rings is 1. The molecule has 2 heterocycles. The highest BCUT2D eigenvalue weighted by atomic mass is 15.3. The average molecular weight is 501 g/mol. The molecule has 1 aliphatic rings. The molecular formula is C37H28N2. The summed E-state index contributed by atoms with van der Waals surface area (Å²) in [5, 5.41) is 0. The van der Waals surface area contributed by atoms with Gasteiger partial charge in [-0.3, -0.25) is 0 Å². The van der Waals surface area contributed by atoms with Gasteiger partial charge in [-0.05, 0) is 45.5 Å². The number of aromatic nitrogens is 1. The van der Waals surface area contributed by atoms with Gasteiger partial charge >= 0.3 is 0 Å². The summed E-state index contributed by atoms with van der Waals surface area (Å²) < 4.78 is 0. The molecule has 5 aromatic carbocycles. The number of hydrogen-bond donors (Lipinski definition) is 0. The van der Waals surface area contributed by atoms with Crippen LogP contribution in [0.4, 0.5) is 5.82 Å². The SMILES string of the molecule is c1ccc(C2(c3ccccc3)c3ccccc3C(c3ccccc3)(c3ccccc3)N2c2ccccn2)cc1. The Bertz CT molecular complexity index is 1490. The zero-order chi connectivity index (χ0) is 26.1. The highest BCUT2D eigenvalue weighted by Crippen LogP contribution is 2.61. The van der Waals surface area contributed by atoms with Crippen molar-refractivity contribution in [3.63, 3.8) is 0 Å². The van der Waals surface area contributed by atoms with Crippen LogP contribution >= 0.6 is 0 Å². The molecule has 0 fully saturated rings. The number of fused-ring (bicyclic) bond motifs is 1. The van der Waals surface area contributed by atoms with Gasteiger partial charge in [0.05, 0.1) is 0 Å². The first-order valence-corrected chi connectivity index (χ1v) is 13.4. The van der Waals surface area contributed by atoms with Crippen LogP contribution in [0, 0.1) is 0 Å². The zero-order valence-corrected chi connectivity index (χ0v) is 21.6. The van der Waals surface area contributed by atoms with Crippen molar-refractivity contribution in [2.24, 2.45) is 0 Å². The first kappa shape index (κ1) is 23.2. The summed E-state index contributed by atoms with van der Waals surface area (Å²) in [5.41, 5.74) is 5.98. The maximum atomic E-state index is 5.06. The summed E-state index contributed by atoms with van der Waals surface area (Å²) in [6, 6.07) is 58.7. The second-order valence-electron chi connectivity index (χ2n) is 9.95. The first-order valence-electron chi connectivity index (χ1n) is 13.4. The average Bonchev–Trinajstić information content (AvgIpc) is 3.32. The standard InChI is InChI=1S/C37H28N2/c1-5-17-29(18-6-1)36(30-19-7-2-8-20-30)33-25-13-14-26-34(33)37(31-21-9-3-10-22-31,32-23-11-4-12-24-32)39(36)35-27-15-16-28-38-35/h1-28H. The van der Waals surface area contributed by atoms with Gasteiger partial charge in [0.1, 0.15) is 16.9 Å². The zero-order valence-electron chi connectivity index (χ0n) is 21.6. The van der Waals surface area contributed by atoms with Crippen LogP contribution in [0.2, 0.25) is 0 Å². The molecule has 0 bridgehead atoms. The summed E-state index contributed by atoms with van der Waals surface area (Å²) in [7, 11) is 0. The van der Waals surface area contributed by atoms with E-state index in [1.807, 2.05) is 12.3 Å². The number of hydrogen-bond acceptors (Lipinski definition) is 2. The molecule has 6 aromatic rings. The van der Waals surface area contributed by atoms with E-state index in [2.05, 4.69) is 163 Å². The van der Waals surface area contributed by atoms with Crippen LogP contribution in [-0.2, 0) is 11.1 Å². The Morgan fingerprint density at radius 2 is 0.692 bits per heavy atom. The minimum absolute atomic E-state index is 0.654. The molecule has 0 radical (unpaired) electrons. The van der Waals surface area contributed by atoms with E-state index in [-0.39, 0.29) is 0 Å². The third-order valence-corrected chi connectivity index (χ3v) is 8.02. The van der Waals surface area contributed by atoms with Crippen molar-refractivity contribution >= 4 is 5.82 Å². The van der Waals surface area contributed by atoms with Gasteiger partial charge in [-0.1, -0.05) is 152 Å². The van der Waals surface area contributed by atoms with Crippen molar-refractivity contribution < 1.29 is 0 Å². The maximum Gasteiger partial charge on any atom is 0.131 e. The quantitative estimate of drug-likeness (QED) is 0.237. The summed E-state index contributed by atoms with van der Waals surface area (Å²) in [5.74, 6) is 0.911. The molecule has 2 heteroatoms. The predicted octanol–water partition coefficient (Wildman–Crippen LogP) is 8.19. The fourth-order valence-electron chi connectivity index (χ4n) is 6.63. The van der Waals surface area contributed by atoms with E-state index in [0.29, 0.717) is 0 Å². The lowest BCUT2D eigenvalue weighted by atomic mass is 9.76.